The van der Waals surface area contributed by atoms with Crippen LogP contribution in [0.5, 0.6) is 0 Å². The zero-order valence-corrected chi connectivity index (χ0v) is 7.99. The van der Waals surface area contributed by atoms with Crippen LogP contribution in [0.4, 0.5) is 0 Å². The maximum Gasteiger partial charge on any atom is 0.0674 e. The van der Waals surface area contributed by atoms with Crippen LogP contribution >= 0.6 is 0 Å². The second kappa shape index (κ2) is 4.80. The maximum atomic E-state index is 8.69. The van der Waals surface area contributed by atoms with Crippen molar-refractivity contribution < 1.29 is 9.84 Å². The molecule has 1 aliphatic rings. The predicted molar refractivity (Wildman–Crippen MR) is 48.2 cm³/mol. The highest BCUT2D eigenvalue weighted by molar-refractivity contribution is 4.74. The molecule has 72 valence electrons. The molecule has 0 aromatic carbocycles. The smallest absolute Gasteiger partial charge is 0.0674 e. The average Bonchev–Trinajstić information content (AvgIpc) is 2.07. The molecule has 12 heavy (non-hydrogen) atoms. The van der Waals surface area contributed by atoms with Gasteiger partial charge in [0.25, 0.3) is 0 Å². The van der Waals surface area contributed by atoms with Gasteiger partial charge < -0.3 is 9.84 Å². The summed E-state index contributed by atoms with van der Waals surface area (Å²) >= 11 is 0. The largest absolute Gasteiger partial charge is 0.396 e. The lowest BCUT2D eigenvalue weighted by atomic mass is 10.2. The molecule has 1 saturated heterocycles. The fourth-order valence-electron chi connectivity index (χ4n) is 1.56. The van der Waals surface area contributed by atoms with Crippen LogP contribution in [-0.2, 0) is 4.74 Å². The van der Waals surface area contributed by atoms with E-state index in [0.717, 1.165) is 26.1 Å². The summed E-state index contributed by atoms with van der Waals surface area (Å²) in [4.78, 5) is 2.38. The number of rotatable bonds is 3. The van der Waals surface area contributed by atoms with Gasteiger partial charge in [0.2, 0.25) is 0 Å². The number of hydrogen-bond donors (Lipinski definition) is 1. The molecule has 0 bridgehead atoms. The van der Waals surface area contributed by atoms with Crippen LogP contribution in [-0.4, -0.2) is 48.5 Å². The molecule has 0 aromatic heterocycles. The van der Waals surface area contributed by atoms with Crippen molar-refractivity contribution in [1.82, 2.24) is 4.90 Å². The molecule has 1 heterocycles. The summed E-state index contributed by atoms with van der Waals surface area (Å²) in [6, 6.07) is 0.507. The van der Waals surface area contributed by atoms with Crippen molar-refractivity contribution in [2.24, 2.45) is 0 Å². The minimum atomic E-state index is 0.290. The average molecular weight is 173 g/mol. The van der Waals surface area contributed by atoms with E-state index >= 15 is 0 Å². The third-order valence-corrected chi connectivity index (χ3v) is 2.34. The predicted octanol–water partition coefficient (Wildman–Crippen LogP) is 0.478. The minimum Gasteiger partial charge on any atom is -0.396 e. The van der Waals surface area contributed by atoms with Gasteiger partial charge in [-0.05, 0) is 20.3 Å². The summed E-state index contributed by atoms with van der Waals surface area (Å²) in [5.74, 6) is 0. The number of aliphatic hydroxyl groups excluding tert-OH is 1. The summed E-state index contributed by atoms with van der Waals surface area (Å²) in [6.07, 6.45) is 1.22. The summed E-state index contributed by atoms with van der Waals surface area (Å²) in [5.41, 5.74) is 0. The molecule has 2 unspecified atom stereocenters. The number of morpholine rings is 1. The Hall–Kier alpha value is -0.120. The molecular formula is C9H19NO2. The van der Waals surface area contributed by atoms with E-state index in [1.165, 1.54) is 0 Å². The number of nitrogens with zero attached hydrogens (tertiary/aromatic N) is 1. The van der Waals surface area contributed by atoms with E-state index in [1.807, 2.05) is 0 Å². The van der Waals surface area contributed by atoms with Gasteiger partial charge >= 0.3 is 0 Å². The van der Waals surface area contributed by atoms with Crippen LogP contribution in [0.1, 0.15) is 20.3 Å². The van der Waals surface area contributed by atoms with E-state index in [0.29, 0.717) is 18.8 Å². The molecule has 1 rings (SSSR count). The van der Waals surface area contributed by atoms with Crippen molar-refractivity contribution in [1.29, 1.82) is 0 Å². The first-order chi connectivity index (χ1) is 5.74. The zero-order chi connectivity index (χ0) is 8.97. The van der Waals surface area contributed by atoms with Crippen LogP contribution in [0, 0.1) is 0 Å². The van der Waals surface area contributed by atoms with E-state index in [1.54, 1.807) is 0 Å². The summed E-state index contributed by atoms with van der Waals surface area (Å²) in [5, 5.41) is 8.69. The maximum absolute atomic E-state index is 8.69. The van der Waals surface area contributed by atoms with E-state index in [9.17, 15) is 0 Å². The van der Waals surface area contributed by atoms with Gasteiger partial charge in [-0.1, -0.05) is 0 Å². The van der Waals surface area contributed by atoms with Gasteiger partial charge in [0.15, 0.2) is 0 Å². The van der Waals surface area contributed by atoms with E-state index in [2.05, 4.69) is 18.7 Å². The van der Waals surface area contributed by atoms with Gasteiger partial charge in [-0.3, -0.25) is 4.90 Å². The molecule has 3 nitrogen and oxygen atoms in total. The van der Waals surface area contributed by atoms with Crippen LogP contribution in [0.3, 0.4) is 0 Å². The quantitative estimate of drug-likeness (QED) is 0.673. The molecule has 0 aliphatic carbocycles. The topological polar surface area (TPSA) is 32.7 Å². The number of hydrogen-bond acceptors (Lipinski definition) is 3. The molecular weight excluding hydrogens is 154 g/mol. The second-order valence-corrected chi connectivity index (χ2v) is 3.57. The monoisotopic (exact) mass is 173 g/mol. The van der Waals surface area contributed by atoms with E-state index in [4.69, 9.17) is 9.84 Å². The molecule has 0 aromatic rings. The molecule has 1 N–H and O–H groups in total. The normalized spacial score (nSPS) is 32.2. The first-order valence-corrected chi connectivity index (χ1v) is 4.70. The first-order valence-electron chi connectivity index (χ1n) is 4.70. The lowest BCUT2D eigenvalue weighted by molar-refractivity contribution is -0.0505. The highest BCUT2D eigenvalue weighted by atomic mass is 16.5. The highest BCUT2D eigenvalue weighted by Gasteiger charge is 2.22. The van der Waals surface area contributed by atoms with Gasteiger partial charge in [0.05, 0.1) is 12.7 Å². The molecule has 1 aliphatic heterocycles. The van der Waals surface area contributed by atoms with Gasteiger partial charge in [-0.15, -0.1) is 0 Å². The van der Waals surface area contributed by atoms with Crippen molar-refractivity contribution >= 4 is 0 Å². The Balaban J connectivity index is 2.28. The van der Waals surface area contributed by atoms with Gasteiger partial charge in [-0.2, -0.15) is 0 Å². The molecule has 0 saturated carbocycles. The molecule has 0 spiro atoms. The van der Waals surface area contributed by atoms with Crippen LogP contribution in [0.2, 0.25) is 0 Å². The van der Waals surface area contributed by atoms with Crippen molar-refractivity contribution in [3.63, 3.8) is 0 Å². The Bertz CT molecular complexity index is 130. The van der Waals surface area contributed by atoms with E-state index in [-0.39, 0.29) is 0 Å². The lowest BCUT2D eigenvalue weighted by Crippen LogP contribution is -2.47. The van der Waals surface area contributed by atoms with Gasteiger partial charge in [-0.25, -0.2) is 0 Å². The van der Waals surface area contributed by atoms with E-state index < -0.39 is 0 Å². The Morgan fingerprint density at radius 3 is 2.92 bits per heavy atom. The summed E-state index contributed by atoms with van der Waals surface area (Å²) < 4.78 is 5.50. The second-order valence-electron chi connectivity index (χ2n) is 3.57. The van der Waals surface area contributed by atoms with Crippen molar-refractivity contribution in [2.75, 3.05) is 26.3 Å². The molecule has 1 fully saturated rings. The van der Waals surface area contributed by atoms with Gasteiger partial charge in [0, 0.05) is 25.7 Å². The fourth-order valence-corrected chi connectivity index (χ4v) is 1.56. The molecule has 0 radical (unpaired) electrons. The molecule has 2 atom stereocenters. The Labute approximate surface area is 74.3 Å². The SMILES string of the molecule is CC1CN(CCCO)C(C)CO1. The van der Waals surface area contributed by atoms with Crippen LogP contribution in [0.15, 0.2) is 0 Å². The summed E-state index contributed by atoms with van der Waals surface area (Å²) in [7, 11) is 0. The van der Waals surface area contributed by atoms with Gasteiger partial charge in [0.1, 0.15) is 0 Å². The minimum absolute atomic E-state index is 0.290. The standard InChI is InChI=1S/C9H19NO2/c1-8-7-12-9(2)6-10(8)4-3-5-11/h8-9,11H,3-7H2,1-2H3. The van der Waals surface area contributed by atoms with Crippen molar-refractivity contribution in [3.8, 4) is 0 Å². The summed E-state index contributed by atoms with van der Waals surface area (Å²) in [6.45, 7) is 7.37. The van der Waals surface area contributed by atoms with Crippen molar-refractivity contribution in [2.45, 2.75) is 32.4 Å². The Kier molecular flexibility index (Phi) is 3.98. The zero-order valence-electron chi connectivity index (χ0n) is 7.99. The first kappa shape index (κ1) is 9.96. The van der Waals surface area contributed by atoms with Crippen LogP contribution in [0.25, 0.3) is 0 Å². The molecule has 0 amide bonds. The number of ether oxygens (including phenoxy) is 1. The molecule has 3 heteroatoms. The highest BCUT2D eigenvalue weighted by Crippen LogP contribution is 2.10. The third-order valence-electron chi connectivity index (χ3n) is 2.34. The van der Waals surface area contributed by atoms with Crippen molar-refractivity contribution in [3.05, 3.63) is 0 Å². The lowest BCUT2D eigenvalue weighted by Gasteiger charge is -2.36. The van der Waals surface area contributed by atoms with Crippen LogP contribution < -0.4 is 0 Å². The number of aliphatic hydroxyl groups is 1. The Morgan fingerprint density at radius 2 is 2.25 bits per heavy atom. The fraction of sp³-hybridized carbons (Fsp3) is 1.00. The third kappa shape index (κ3) is 2.73. The Morgan fingerprint density at radius 1 is 1.50 bits per heavy atom.